The van der Waals surface area contributed by atoms with Gasteiger partial charge in [-0.3, -0.25) is 4.98 Å². The quantitative estimate of drug-likeness (QED) is 0.939. The number of aryl methyl sites for hydroxylation is 1. The van der Waals surface area contributed by atoms with E-state index in [1.807, 2.05) is 38.2 Å². The third-order valence-corrected chi connectivity index (χ3v) is 3.93. The summed E-state index contributed by atoms with van der Waals surface area (Å²) in [6, 6.07) is 5.97. The van der Waals surface area contributed by atoms with Crippen molar-refractivity contribution in [1.29, 1.82) is 0 Å². The molecule has 2 aromatic heterocycles. The molecule has 0 aliphatic carbocycles. The highest BCUT2D eigenvalue weighted by atomic mass is 15.2. The highest BCUT2D eigenvalue weighted by molar-refractivity contribution is 5.84. The molecule has 1 saturated heterocycles. The number of allylic oxidation sites excluding steroid dienone is 1. The van der Waals surface area contributed by atoms with Crippen molar-refractivity contribution < 1.29 is 0 Å². The highest BCUT2D eigenvalue weighted by Gasteiger charge is 2.21. The van der Waals surface area contributed by atoms with Gasteiger partial charge in [-0.2, -0.15) is 0 Å². The highest BCUT2D eigenvalue weighted by Crippen LogP contribution is 2.31. The molecule has 1 fully saturated rings. The monoisotopic (exact) mass is 295 g/mol. The molecule has 0 spiro atoms. The molecule has 0 amide bonds. The molecule has 1 aliphatic heterocycles. The van der Waals surface area contributed by atoms with Gasteiger partial charge in [0.1, 0.15) is 12.1 Å². The standard InChI is InChI=1S/C17H21N5/c1-3-14(15-6-4-5-7-19-15)16-13(2)20-12-21-17(16)22-10-8-18-9-11-22/h3-7,12,18H,8-11H2,1-2H3/b14-3-. The van der Waals surface area contributed by atoms with Gasteiger partial charge in [0.2, 0.25) is 0 Å². The smallest absolute Gasteiger partial charge is 0.140 e. The van der Waals surface area contributed by atoms with Gasteiger partial charge in [-0.15, -0.1) is 0 Å². The molecule has 1 N–H and O–H groups in total. The summed E-state index contributed by atoms with van der Waals surface area (Å²) in [7, 11) is 0. The number of anilines is 1. The number of nitrogens with one attached hydrogen (secondary N) is 1. The maximum atomic E-state index is 4.58. The Bertz CT molecular complexity index is 660. The first-order chi connectivity index (χ1) is 10.8. The van der Waals surface area contributed by atoms with E-state index in [9.17, 15) is 0 Å². The summed E-state index contributed by atoms with van der Waals surface area (Å²) in [5.41, 5.74) is 4.12. The molecule has 0 atom stereocenters. The van der Waals surface area contributed by atoms with Crippen molar-refractivity contribution in [3.05, 3.63) is 53.8 Å². The van der Waals surface area contributed by atoms with Gasteiger partial charge in [0.15, 0.2) is 0 Å². The van der Waals surface area contributed by atoms with Crippen molar-refractivity contribution >= 4 is 11.4 Å². The Labute approximate surface area is 131 Å². The van der Waals surface area contributed by atoms with Crippen LogP contribution in [0.15, 0.2) is 36.8 Å². The molecule has 114 valence electrons. The van der Waals surface area contributed by atoms with Crippen molar-refractivity contribution in [2.24, 2.45) is 0 Å². The van der Waals surface area contributed by atoms with E-state index in [2.05, 4.69) is 31.2 Å². The minimum Gasteiger partial charge on any atom is -0.353 e. The van der Waals surface area contributed by atoms with Crippen molar-refractivity contribution in [3.63, 3.8) is 0 Å². The molecule has 3 rings (SSSR count). The van der Waals surface area contributed by atoms with E-state index in [1.54, 1.807) is 6.33 Å². The fourth-order valence-electron chi connectivity index (χ4n) is 2.84. The normalized spacial score (nSPS) is 15.9. The summed E-state index contributed by atoms with van der Waals surface area (Å²) in [5.74, 6) is 1.01. The van der Waals surface area contributed by atoms with Crippen LogP contribution < -0.4 is 10.2 Å². The zero-order valence-electron chi connectivity index (χ0n) is 13.1. The molecule has 2 aromatic rings. The second-order valence-electron chi connectivity index (χ2n) is 5.31. The van der Waals surface area contributed by atoms with Crippen molar-refractivity contribution in [2.75, 3.05) is 31.1 Å². The molecule has 0 aromatic carbocycles. The fourth-order valence-corrected chi connectivity index (χ4v) is 2.84. The van der Waals surface area contributed by atoms with E-state index in [-0.39, 0.29) is 0 Å². The lowest BCUT2D eigenvalue weighted by Gasteiger charge is -2.30. The van der Waals surface area contributed by atoms with Crippen LogP contribution in [-0.2, 0) is 0 Å². The number of piperazine rings is 1. The van der Waals surface area contributed by atoms with Gasteiger partial charge in [-0.25, -0.2) is 9.97 Å². The second kappa shape index (κ2) is 6.66. The summed E-state index contributed by atoms with van der Waals surface area (Å²) in [4.78, 5) is 15.8. The average Bonchev–Trinajstić information content (AvgIpc) is 2.59. The zero-order chi connectivity index (χ0) is 15.4. The molecule has 0 radical (unpaired) electrons. The Morgan fingerprint density at radius 3 is 2.68 bits per heavy atom. The fraction of sp³-hybridized carbons (Fsp3) is 0.353. The zero-order valence-corrected chi connectivity index (χ0v) is 13.1. The summed E-state index contributed by atoms with van der Waals surface area (Å²) >= 11 is 0. The van der Waals surface area contributed by atoms with Crippen LogP contribution in [-0.4, -0.2) is 41.1 Å². The molecule has 0 saturated carbocycles. The molecule has 5 heteroatoms. The van der Waals surface area contributed by atoms with Crippen LogP contribution in [0.2, 0.25) is 0 Å². The summed E-state index contributed by atoms with van der Waals surface area (Å²) in [5, 5.41) is 3.38. The Kier molecular flexibility index (Phi) is 4.44. The summed E-state index contributed by atoms with van der Waals surface area (Å²) in [6.07, 6.45) is 5.57. The number of aromatic nitrogens is 3. The predicted octanol–water partition coefficient (Wildman–Crippen LogP) is 2.04. The van der Waals surface area contributed by atoms with E-state index >= 15 is 0 Å². The average molecular weight is 295 g/mol. The van der Waals surface area contributed by atoms with Crippen LogP contribution in [0.4, 0.5) is 5.82 Å². The van der Waals surface area contributed by atoms with Crippen LogP contribution in [0, 0.1) is 6.92 Å². The maximum absolute atomic E-state index is 4.58. The van der Waals surface area contributed by atoms with E-state index in [4.69, 9.17) is 0 Å². The topological polar surface area (TPSA) is 53.9 Å². The molecule has 22 heavy (non-hydrogen) atoms. The largest absolute Gasteiger partial charge is 0.353 e. The molecule has 3 heterocycles. The molecule has 0 unspecified atom stereocenters. The van der Waals surface area contributed by atoms with Gasteiger partial charge in [-0.1, -0.05) is 12.1 Å². The van der Waals surface area contributed by atoms with Gasteiger partial charge in [0.25, 0.3) is 0 Å². The molecule has 5 nitrogen and oxygen atoms in total. The molecular formula is C17H21N5. The Morgan fingerprint density at radius 1 is 1.18 bits per heavy atom. The van der Waals surface area contributed by atoms with Crippen molar-refractivity contribution in [1.82, 2.24) is 20.3 Å². The summed E-state index contributed by atoms with van der Waals surface area (Å²) < 4.78 is 0. The first kappa shape index (κ1) is 14.7. The van der Waals surface area contributed by atoms with Gasteiger partial charge in [-0.05, 0) is 26.0 Å². The third kappa shape index (κ3) is 2.85. The Morgan fingerprint density at radius 2 is 2.00 bits per heavy atom. The molecule has 1 aliphatic rings. The van der Waals surface area contributed by atoms with Gasteiger partial charge in [0.05, 0.1) is 11.4 Å². The van der Waals surface area contributed by atoms with E-state index in [1.165, 1.54) is 0 Å². The summed E-state index contributed by atoms with van der Waals surface area (Å²) in [6.45, 7) is 7.97. The van der Waals surface area contributed by atoms with Gasteiger partial charge < -0.3 is 10.2 Å². The first-order valence-corrected chi connectivity index (χ1v) is 7.66. The van der Waals surface area contributed by atoms with Crippen molar-refractivity contribution in [3.8, 4) is 0 Å². The van der Waals surface area contributed by atoms with E-state index in [0.29, 0.717) is 0 Å². The van der Waals surface area contributed by atoms with Crippen LogP contribution in [0.3, 0.4) is 0 Å². The lowest BCUT2D eigenvalue weighted by molar-refractivity contribution is 0.584. The van der Waals surface area contributed by atoms with Gasteiger partial charge >= 0.3 is 0 Å². The minimum absolute atomic E-state index is 0.958. The molecule has 0 bridgehead atoms. The van der Waals surface area contributed by atoms with E-state index < -0.39 is 0 Å². The van der Waals surface area contributed by atoms with Crippen LogP contribution in [0.25, 0.3) is 5.57 Å². The first-order valence-electron chi connectivity index (χ1n) is 7.66. The minimum atomic E-state index is 0.958. The number of hydrogen-bond acceptors (Lipinski definition) is 5. The van der Waals surface area contributed by atoms with Gasteiger partial charge in [0, 0.05) is 43.5 Å². The second-order valence-corrected chi connectivity index (χ2v) is 5.31. The third-order valence-electron chi connectivity index (χ3n) is 3.93. The lowest BCUT2D eigenvalue weighted by Crippen LogP contribution is -2.44. The number of rotatable bonds is 3. The Balaban J connectivity index is 2.09. The van der Waals surface area contributed by atoms with Crippen molar-refractivity contribution in [2.45, 2.75) is 13.8 Å². The predicted molar refractivity (Wildman–Crippen MR) is 88.8 cm³/mol. The van der Waals surface area contributed by atoms with Crippen LogP contribution in [0.5, 0.6) is 0 Å². The number of pyridine rings is 1. The lowest BCUT2D eigenvalue weighted by atomic mass is 10.00. The van der Waals surface area contributed by atoms with Crippen LogP contribution in [0.1, 0.15) is 23.9 Å². The molecular weight excluding hydrogens is 274 g/mol. The number of hydrogen-bond donors (Lipinski definition) is 1. The maximum Gasteiger partial charge on any atom is 0.140 e. The van der Waals surface area contributed by atoms with E-state index in [0.717, 1.165) is 54.5 Å². The van der Waals surface area contributed by atoms with Crippen LogP contribution >= 0.6 is 0 Å². The SMILES string of the molecule is C/C=C(/c1ccccn1)c1c(C)ncnc1N1CCNCC1. The number of nitrogens with zero attached hydrogens (tertiary/aromatic N) is 4. The Hall–Kier alpha value is -2.27.